The van der Waals surface area contributed by atoms with Crippen LogP contribution in [0.15, 0.2) is 16.8 Å². The lowest BCUT2D eigenvalue weighted by Gasteiger charge is -2.40. The Morgan fingerprint density at radius 2 is 1.97 bits per heavy atom. The Hall–Kier alpha value is -2.22. The van der Waals surface area contributed by atoms with Crippen LogP contribution in [-0.4, -0.2) is 57.0 Å². The lowest BCUT2D eigenvalue weighted by molar-refractivity contribution is 0.0633. The number of aryl methyl sites for hydroxylation is 1. The van der Waals surface area contributed by atoms with Crippen LogP contribution in [0.25, 0.3) is 0 Å². The third kappa shape index (κ3) is 3.77. The van der Waals surface area contributed by atoms with Gasteiger partial charge in [0.25, 0.3) is 5.91 Å². The van der Waals surface area contributed by atoms with Crippen molar-refractivity contribution in [2.24, 2.45) is 5.92 Å². The van der Waals surface area contributed by atoms with E-state index in [1.54, 1.807) is 10.9 Å². The van der Waals surface area contributed by atoms with Gasteiger partial charge in [0.2, 0.25) is 5.89 Å². The summed E-state index contributed by atoms with van der Waals surface area (Å²) in [5.74, 6) is 2.79. The highest BCUT2D eigenvalue weighted by atomic mass is 16.5. The molecule has 3 fully saturated rings. The van der Waals surface area contributed by atoms with Gasteiger partial charge in [0.05, 0.1) is 0 Å². The molecule has 3 aliphatic rings. The van der Waals surface area contributed by atoms with E-state index < -0.39 is 0 Å². The SMILES string of the molecule is CCn1nccc1C(=O)N1CCC(CC2CC2)(c2noc(C3CCOCC3)n2)CC1. The molecule has 0 bridgehead atoms. The Labute approximate surface area is 177 Å². The highest BCUT2D eigenvalue weighted by molar-refractivity contribution is 5.92. The van der Waals surface area contributed by atoms with Gasteiger partial charge in [-0.05, 0) is 51.0 Å². The maximum atomic E-state index is 13.0. The Bertz CT molecular complexity index is 873. The summed E-state index contributed by atoms with van der Waals surface area (Å²) < 4.78 is 13.0. The van der Waals surface area contributed by atoms with Gasteiger partial charge in [-0.2, -0.15) is 10.1 Å². The van der Waals surface area contributed by atoms with Gasteiger partial charge < -0.3 is 14.2 Å². The molecule has 8 heteroatoms. The molecule has 2 aromatic rings. The lowest BCUT2D eigenvalue weighted by Crippen LogP contribution is -2.46. The van der Waals surface area contributed by atoms with Crippen LogP contribution in [0.2, 0.25) is 0 Å². The molecule has 2 aliphatic heterocycles. The van der Waals surface area contributed by atoms with Crippen LogP contribution in [0.4, 0.5) is 0 Å². The quantitative estimate of drug-likeness (QED) is 0.723. The monoisotopic (exact) mass is 413 g/mol. The zero-order valence-electron chi connectivity index (χ0n) is 17.8. The largest absolute Gasteiger partial charge is 0.381 e. The maximum absolute atomic E-state index is 13.0. The average molecular weight is 414 g/mol. The molecular formula is C22H31N5O3. The molecule has 0 radical (unpaired) electrons. The van der Waals surface area contributed by atoms with Crippen molar-refractivity contribution in [3.8, 4) is 0 Å². The summed E-state index contributed by atoms with van der Waals surface area (Å²) >= 11 is 0. The summed E-state index contributed by atoms with van der Waals surface area (Å²) in [6.07, 6.45) is 9.08. The number of rotatable bonds is 6. The number of ether oxygens (including phenoxy) is 1. The number of hydrogen-bond acceptors (Lipinski definition) is 6. The first kappa shape index (κ1) is 19.7. The van der Waals surface area contributed by atoms with Crippen molar-refractivity contribution in [1.29, 1.82) is 0 Å². The fourth-order valence-electron chi connectivity index (χ4n) is 5.02. The number of piperidine rings is 1. The minimum atomic E-state index is -0.0735. The van der Waals surface area contributed by atoms with Crippen molar-refractivity contribution in [3.05, 3.63) is 29.7 Å². The minimum Gasteiger partial charge on any atom is -0.381 e. The van der Waals surface area contributed by atoms with Crippen molar-refractivity contribution in [3.63, 3.8) is 0 Å². The van der Waals surface area contributed by atoms with Crippen molar-refractivity contribution < 1.29 is 14.1 Å². The van der Waals surface area contributed by atoms with E-state index in [2.05, 4.69) is 10.3 Å². The van der Waals surface area contributed by atoms with Crippen LogP contribution in [-0.2, 0) is 16.7 Å². The van der Waals surface area contributed by atoms with Crippen LogP contribution < -0.4 is 0 Å². The first-order valence-electron chi connectivity index (χ1n) is 11.4. The van der Waals surface area contributed by atoms with Crippen LogP contribution in [0.1, 0.15) is 80.0 Å². The van der Waals surface area contributed by atoms with Gasteiger partial charge in [-0.3, -0.25) is 9.48 Å². The molecule has 1 saturated carbocycles. The molecule has 1 aliphatic carbocycles. The smallest absolute Gasteiger partial charge is 0.272 e. The van der Waals surface area contributed by atoms with E-state index in [-0.39, 0.29) is 11.3 Å². The van der Waals surface area contributed by atoms with Crippen molar-refractivity contribution in [2.75, 3.05) is 26.3 Å². The molecule has 0 spiro atoms. The van der Waals surface area contributed by atoms with E-state index >= 15 is 0 Å². The molecule has 5 rings (SSSR count). The van der Waals surface area contributed by atoms with E-state index in [4.69, 9.17) is 14.2 Å². The first-order valence-corrected chi connectivity index (χ1v) is 11.4. The second-order valence-corrected chi connectivity index (χ2v) is 9.10. The van der Waals surface area contributed by atoms with E-state index in [9.17, 15) is 4.79 Å². The van der Waals surface area contributed by atoms with Crippen LogP contribution in [0, 0.1) is 5.92 Å². The number of carbonyl (C=O) groups excluding carboxylic acids is 1. The van der Waals surface area contributed by atoms with Gasteiger partial charge in [-0.25, -0.2) is 0 Å². The van der Waals surface area contributed by atoms with Crippen LogP contribution in [0.3, 0.4) is 0 Å². The van der Waals surface area contributed by atoms with E-state index in [0.717, 1.165) is 76.0 Å². The summed E-state index contributed by atoms with van der Waals surface area (Å²) in [6, 6.07) is 1.82. The van der Waals surface area contributed by atoms with Gasteiger partial charge in [-0.15, -0.1) is 0 Å². The molecule has 0 unspecified atom stereocenters. The van der Waals surface area contributed by atoms with E-state index in [0.29, 0.717) is 18.2 Å². The van der Waals surface area contributed by atoms with Crippen LogP contribution in [0.5, 0.6) is 0 Å². The molecule has 2 aromatic heterocycles. The zero-order valence-corrected chi connectivity index (χ0v) is 17.8. The summed E-state index contributed by atoms with van der Waals surface area (Å²) in [6.45, 7) is 5.68. The third-order valence-electron chi connectivity index (χ3n) is 7.11. The summed E-state index contributed by atoms with van der Waals surface area (Å²) in [5.41, 5.74) is 0.601. The molecule has 2 saturated heterocycles. The number of aromatic nitrogens is 4. The topological polar surface area (TPSA) is 86.3 Å². The van der Waals surface area contributed by atoms with E-state index in [1.807, 2.05) is 17.9 Å². The molecule has 30 heavy (non-hydrogen) atoms. The first-order chi connectivity index (χ1) is 14.7. The molecule has 8 nitrogen and oxygen atoms in total. The normalized spacial score (nSPS) is 22.4. The molecular weight excluding hydrogens is 382 g/mol. The molecule has 162 valence electrons. The highest BCUT2D eigenvalue weighted by Crippen LogP contribution is 2.47. The summed E-state index contributed by atoms with van der Waals surface area (Å²) in [5, 5.41) is 8.72. The van der Waals surface area contributed by atoms with Gasteiger partial charge in [0.15, 0.2) is 5.82 Å². The predicted molar refractivity (Wildman–Crippen MR) is 109 cm³/mol. The zero-order chi connectivity index (χ0) is 20.6. The molecule has 1 amide bonds. The molecule has 0 aromatic carbocycles. The van der Waals surface area contributed by atoms with Gasteiger partial charge in [0.1, 0.15) is 5.69 Å². The van der Waals surface area contributed by atoms with Crippen LogP contribution >= 0.6 is 0 Å². The Morgan fingerprint density at radius 3 is 2.67 bits per heavy atom. The van der Waals surface area contributed by atoms with Gasteiger partial charge >= 0.3 is 0 Å². The second kappa shape index (κ2) is 8.13. The average Bonchev–Trinajstić information content (AvgIpc) is 3.27. The van der Waals surface area contributed by atoms with Crippen molar-refractivity contribution >= 4 is 5.91 Å². The second-order valence-electron chi connectivity index (χ2n) is 9.10. The van der Waals surface area contributed by atoms with E-state index in [1.165, 1.54) is 12.8 Å². The fraction of sp³-hybridized carbons (Fsp3) is 0.727. The lowest BCUT2D eigenvalue weighted by atomic mass is 9.73. The highest BCUT2D eigenvalue weighted by Gasteiger charge is 2.45. The fourth-order valence-corrected chi connectivity index (χ4v) is 5.02. The third-order valence-corrected chi connectivity index (χ3v) is 7.11. The number of amides is 1. The molecule has 0 N–H and O–H groups in total. The van der Waals surface area contributed by atoms with Gasteiger partial charge in [-0.1, -0.05) is 18.0 Å². The number of hydrogen-bond donors (Lipinski definition) is 0. The number of likely N-dealkylation sites (tertiary alicyclic amines) is 1. The standard InChI is InChI=1S/C22H31N5O3/c1-2-27-18(5-10-23-27)20(28)26-11-8-22(9-12-26,15-16-3-4-16)21-24-19(30-25-21)17-6-13-29-14-7-17/h5,10,16-17H,2-4,6-9,11-15H2,1H3. The number of nitrogens with zero attached hydrogens (tertiary/aromatic N) is 5. The molecule has 4 heterocycles. The summed E-state index contributed by atoms with van der Waals surface area (Å²) in [7, 11) is 0. The van der Waals surface area contributed by atoms with Crippen molar-refractivity contribution in [1.82, 2.24) is 24.8 Å². The Kier molecular flexibility index (Phi) is 5.35. The molecule has 0 atom stereocenters. The Morgan fingerprint density at radius 1 is 1.20 bits per heavy atom. The Balaban J connectivity index is 1.32. The maximum Gasteiger partial charge on any atom is 0.272 e. The number of carbonyl (C=O) groups is 1. The van der Waals surface area contributed by atoms with Crippen molar-refractivity contribution in [2.45, 2.75) is 69.7 Å². The minimum absolute atomic E-state index is 0.0735. The van der Waals surface area contributed by atoms with Gasteiger partial charge in [0, 0.05) is 50.4 Å². The summed E-state index contributed by atoms with van der Waals surface area (Å²) in [4.78, 5) is 19.9. The predicted octanol–water partition coefficient (Wildman–Crippen LogP) is 3.15.